The van der Waals surface area contributed by atoms with Crippen molar-refractivity contribution in [1.82, 2.24) is 30.8 Å². The first kappa shape index (κ1) is 20.6. The van der Waals surface area contributed by atoms with Crippen LogP contribution in [-0.2, 0) is 4.79 Å². The van der Waals surface area contributed by atoms with E-state index in [0.717, 1.165) is 47.8 Å². The number of fused-ring (bicyclic) bond motifs is 1. The van der Waals surface area contributed by atoms with Crippen LogP contribution in [-0.4, -0.2) is 52.2 Å². The molecule has 3 heterocycles. The Kier molecular flexibility index (Phi) is 6.44. The van der Waals surface area contributed by atoms with E-state index in [0.29, 0.717) is 6.54 Å². The predicted molar refractivity (Wildman–Crippen MR) is 118 cm³/mol. The zero-order valence-corrected chi connectivity index (χ0v) is 17.7. The van der Waals surface area contributed by atoms with Crippen LogP contribution in [0.5, 0.6) is 0 Å². The van der Waals surface area contributed by atoms with Gasteiger partial charge in [-0.15, -0.1) is 0 Å². The average molecular weight is 410 g/mol. The van der Waals surface area contributed by atoms with Crippen LogP contribution in [0.2, 0.25) is 0 Å². The number of rotatable bonds is 7. The quantitative estimate of drug-likeness (QED) is 0.525. The zero-order valence-electron chi connectivity index (χ0n) is 17.7. The summed E-state index contributed by atoms with van der Waals surface area (Å²) in [5, 5.41) is 9.91. The molecule has 1 aromatic carbocycles. The van der Waals surface area contributed by atoms with Crippen molar-refractivity contribution in [2.45, 2.75) is 39.2 Å². The molecular weight excluding hydrogens is 378 g/mol. The first-order valence-corrected chi connectivity index (χ1v) is 10.8. The second kappa shape index (κ2) is 9.40. The number of hydrazine groups is 1. The minimum Gasteiger partial charge on any atom is -0.351 e. The van der Waals surface area contributed by atoms with Crippen LogP contribution in [0.1, 0.15) is 44.7 Å². The molecule has 4 rings (SSSR count). The van der Waals surface area contributed by atoms with E-state index < -0.39 is 0 Å². The fraction of sp³-hybridized carbons (Fsp3) is 0.500. The van der Waals surface area contributed by atoms with E-state index in [2.05, 4.69) is 49.2 Å². The number of hydrogen-bond donors (Lipinski definition) is 4. The number of aromatic nitrogens is 3. The predicted octanol–water partition coefficient (Wildman–Crippen LogP) is 2.63. The molecule has 30 heavy (non-hydrogen) atoms. The molecule has 0 saturated carbocycles. The van der Waals surface area contributed by atoms with E-state index in [-0.39, 0.29) is 17.9 Å². The number of carbonyl (C=O) groups excluding carboxylic acids is 1. The van der Waals surface area contributed by atoms with Crippen molar-refractivity contribution in [2.75, 3.05) is 31.6 Å². The summed E-state index contributed by atoms with van der Waals surface area (Å²) < 4.78 is 0. The van der Waals surface area contributed by atoms with Crippen molar-refractivity contribution in [1.29, 1.82) is 0 Å². The van der Waals surface area contributed by atoms with E-state index in [4.69, 9.17) is 0 Å². The third kappa shape index (κ3) is 4.71. The number of benzene rings is 1. The van der Waals surface area contributed by atoms with Crippen LogP contribution in [0.25, 0.3) is 11.4 Å². The highest BCUT2D eigenvalue weighted by atomic mass is 16.1. The molecule has 2 aliphatic rings. The fourth-order valence-corrected chi connectivity index (χ4v) is 4.29. The zero-order chi connectivity index (χ0) is 20.9. The van der Waals surface area contributed by atoms with Gasteiger partial charge in [0.2, 0.25) is 5.91 Å². The van der Waals surface area contributed by atoms with Crippen LogP contribution in [0.3, 0.4) is 0 Å². The molecule has 1 fully saturated rings. The molecule has 0 bridgehead atoms. The Morgan fingerprint density at radius 1 is 1.33 bits per heavy atom. The van der Waals surface area contributed by atoms with Gasteiger partial charge in [0.25, 0.3) is 0 Å². The molecule has 2 unspecified atom stereocenters. The summed E-state index contributed by atoms with van der Waals surface area (Å²) in [6.07, 6.45) is 7.43. The smallest absolute Gasteiger partial charge is 0.246 e. The van der Waals surface area contributed by atoms with Gasteiger partial charge in [-0.3, -0.25) is 9.89 Å². The first-order valence-electron chi connectivity index (χ1n) is 10.8. The molecule has 2 atom stereocenters. The molecule has 160 valence electrons. The number of hydrogen-bond acceptors (Lipinski definition) is 6. The van der Waals surface area contributed by atoms with Crippen molar-refractivity contribution in [3.63, 3.8) is 0 Å². The molecule has 1 amide bonds. The molecule has 0 radical (unpaired) electrons. The summed E-state index contributed by atoms with van der Waals surface area (Å²) in [6.45, 7) is 7.95. The van der Waals surface area contributed by atoms with Crippen LogP contribution in [0, 0.1) is 5.92 Å². The minimum atomic E-state index is 0.0143. The normalized spacial score (nSPS) is 20.5. The highest BCUT2D eigenvalue weighted by molar-refractivity contribution is 5.92. The highest BCUT2D eigenvalue weighted by Gasteiger charge is 2.27. The van der Waals surface area contributed by atoms with Gasteiger partial charge in [-0.2, -0.15) is 5.10 Å². The standard InChI is InChI=1S/C22H31N7O/c1-15(12-16(2)22(30)23-8-11-29-9-4-3-5-10-29)20-18-13-17(21-24-14-25-28-21)6-7-19(18)26-27-20/h6-7,12-15,20,26-27H,3-5,8-11H2,1-2H3,(H,23,30)(H,24,25,28)/b16-12+. The van der Waals surface area contributed by atoms with Crippen molar-refractivity contribution < 1.29 is 4.79 Å². The first-order chi connectivity index (χ1) is 14.6. The monoisotopic (exact) mass is 409 g/mol. The van der Waals surface area contributed by atoms with Gasteiger partial charge in [-0.1, -0.05) is 19.4 Å². The van der Waals surface area contributed by atoms with Gasteiger partial charge in [0.15, 0.2) is 5.82 Å². The molecule has 0 spiro atoms. The van der Waals surface area contributed by atoms with Gasteiger partial charge in [0, 0.05) is 24.2 Å². The van der Waals surface area contributed by atoms with Gasteiger partial charge in [0.1, 0.15) is 6.33 Å². The molecule has 1 saturated heterocycles. The summed E-state index contributed by atoms with van der Waals surface area (Å²) in [5.74, 6) is 0.896. The topological polar surface area (TPSA) is 98.0 Å². The summed E-state index contributed by atoms with van der Waals surface area (Å²) in [4.78, 5) is 19.2. The fourth-order valence-electron chi connectivity index (χ4n) is 4.29. The third-order valence-electron chi connectivity index (χ3n) is 6.00. The second-order valence-electron chi connectivity index (χ2n) is 8.25. The Bertz CT molecular complexity index is 887. The lowest BCUT2D eigenvalue weighted by Gasteiger charge is -2.26. The van der Waals surface area contributed by atoms with Crippen molar-refractivity contribution in [2.24, 2.45) is 5.92 Å². The molecule has 2 aromatic rings. The highest BCUT2D eigenvalue weighted by Crippen LogP contribution is 2.36. The SMILES string of the molecule is C/C(=C\C(C)C1NNc2ccc(-c3ncn[nH]3)cc21)C(=O)NCCN1CCCCC1. The maximum absolute atomic E-state index is 12.5. The van der Waals surface area contributed by atoms with E-state index in [1.54, 1.807) is 0 Å². The lowest BCUT2D eigenvalue weighted by atomic mass is 9.92. The second-order valence-corrected chi connectivity index (χ2v) is 8.25. The molecule has 0 aliphatic carbocycles. The number of nitrogens with zero attached hydrogens (tertiary/aromatic N) is 3. The Hall–Kier alpha value is -2.71. The molecule has 4 N–H and O–H groups in total. The molecule has 1 aromatic heterocycles. The van der Waals surface area contributed by atoms with Crippen molar-refractivity contribution in [3.8, 4) is 11.4 Å². The number of amides is 1. The summed E-state index contributed by atoms with van der Waals surface area (Å²) >= 11 is 0. The maximum Gasteiger partial charge on any atom is 0.246 e. The third-order valence-corrected chi connectivity index (χ3v) is 6.00. The minimum absolute atomic E-state index is 0.0143. The number of carbonyl (C=O) groups is 1. The van der Waals surface area contributed by atoms with E-state index in [1.807, 2.05) is 25.1 Å². The number of nitrogens with one attached hydrogen (secondary N) is 4. The molecule has 8 nitrogen and oxygen atoms in total. The van der Waals surface area contributed by atoms with Gasteiger partial charge < -0.3 is 15.6 Å². The number of likely N-dealkylation sites (tertiary alicyclic amines) is 1. The summed E-state index contributed by atoms with van der Waals surface area (Å²) in [6, 6.07) is 6.24. The molecule has 2 aliphatic heterocycles. The van der Waals surface area contributed by atoms with Crippen LogP contribution >= 0.6 is 0 Å². The Balaban J connectivity index is 1.36. The van der Waals surface area contributed by atoms with Crippen LogP contribution < -0.4 is 16.2 Å². The van der Waals surface area contributed by atoms with Gasteiger partial charge in [-0.05, 0) is 62.5 Å². The Labute approximate surface area is 177 Å². The summed E-state index contributed by atoms with van der Waals surface area (Å²) in [7, 11) is 0. The van der Waals surface area contributed by atoms with Gasteiger partial charge in [0.05, 0.1) is 11.7 Å². The van der Waals surface area contributed by atoms with Crippen LogP contribution in [0.15, 0.2) is 36.2 Å². The maximum atomic E-state index is 12.5. The molecule has 8 heteroatoms. The number of H-pyrrole nitrogens is 1. The lowest BCUT2D eigenvalue weighted by Crippen LogP contribution is -2.38. The van der Waals surface area contributed by atoms with Gasteiger partial charge in [-0.25, -0.2) is 10.4 Å². The van der Waals surface area contributed by atoms with Crippen LogP contribution in [0.4, 0.5) is 5.69 Å². The lowest BCUT2D eigenvalue weighted by molar-refractivity contribution is -0.117. The van der Waals surface area contributed by atoms with E-state index in [9.17, 15) is 4.79 Å². The number of piperidine rings is 1. The Morgan fingerprint density at radius 3 is 2.93 bits per heavy atom. The number of aromatic amines is 1. The molecular formula is C22H31N7O. The van der Waals surface area contributed by atoms with Crippen molar-refractivity contribution >= 4 is 11.6 Å². The van der Waals surface area contributed by atoms with E-state index in [1.165, 1.54) is 25.6 Å². The van der Waals surface area contributed by atoms with Crippen molar-refractivity contribution in [3.05, 3.63) is 41.7 Å². The number of anilines is 1. The summed E-state index contributed by atoms with van der Waals surface area (Å²) in [5.41, 5.74) is 10.5. The average Bonchev–Trinajstić information content (AvgIpc) is 3.44. The Morgan fingerprint density at radius 2 is 2.17 bits per heavy atom. The van der Waals surface area contributed by atoms with Gasteiger partial charge >= 0.3 is 0 Å². The van der Waals surface area contributed by atoms with E-state index >= 15 is 0 Å². The largest absolute Gasteiger partial charge is 0.351 e.